The zero-order valence-electron chi connectivity index (χ0n) is 16.5. The first-order valence-corrected chi connectivity index (χ1v) is 9.59. The van der Waals surface area contributed by atoms with Gasteiger partial charge in [0.15, 0.2) is 0 Å². The quantitative estimate of drug-likeness (QED) is 0.885. The average Bonchev–Trinajstić information content (AvgIpc) is 3.24. The van der Waals surface area contributed by atoms with Gasteiger partial charge in [-0.15, -0.1) is 0 Å². The van der Waals surface area contributed by atoms with Crippen molar-refractivity contribution in [3.63, 3.8) is 0 Å². The van der Waals surface area contributed by atoms with Crippen LogP contribution in [0.2, 0.25) is 0 Å². The van der Waals surface area contributed by atoms with Gasteiger partial charge in [0.1, 0.15) is 11.6 Å². The predicted octanol–water partition coefficient (Wildman–Crippen LogP) is 1.56. The molecule has 2 atom stereocenters. The van der Waals surface area contributed by atoms with E-state index in [1.807, 2.05) is 0 Å². The summed E-state index contributed by atoms with van der Waals surface area (Å²) in [6.07, 6.45) is 4.81. The fourth-order valence-corrected chi connectivity index (χ4v) is 4.54. The number of rotatable bonds is 3. The molecular weight excluding hydrogens is 344 g/mol. The Labute approximate surface area is 158 Å². The third-order valence-corrected chi connectivity index (χ3v) is 6.00. The van der Waals surface area contributed by atoms with Gasteiger partial charge in [-0.1, -0.05) is 13.8 Å². The van der Waals surface area contributed by atoms with E-state index >= 15 is 0 Å². The van der Waals surface area contributed by atoms with E-state index in [0.717, 1.165) is 42.7 Å². The summed E-state index contributed by atoms with van der Waals surface area (Å²) >= 11 is 0. The van der Waals surface area contributed by atoms with Crippen molar-refractivity contribution >= 4 is 5.82 Å². The van der Waals surface area contributed by atoms with Crippen molar-refractivity contribution in [3.8, 4) is 0 Å². The molecule has 7 heteroatoms. The summed E-state index contributed by atoms with van der Waals surface area (Å²) in [5, 5.41) is 3.80. The van der Waals surface area contributed by atoms with Gasteiger partial charge in [0.05, 0.1) is 6.26 Å². The third kappa shape index (κ3) is 3.25. The molecule has 1 saturated heterocycles. The number of hydrogen-bond donors (Lipinski definition) is 1. The lowest BCUT2D eigenvalue weighted by Crippen LogP contribution is -2.42. The van der Waals surface area contributed by atoms with Crippen LogP contribution >= 0.6 is 0 Å². The molecule has 1 unspecified atom stereocenters. The van der Waals surface area contributed by atoms with Crippen molar-refractivity contribution in [2.75, 3.05) is 18.0 Å². The fraction of sp³-hybridized carbons (Fsp3) is 0.600. The highest BCUT2D eigenvalue weighted by Crippen LogP contribution is 2.41. The summed E-state index contributed by atoms with van der Waals surface area (Å²) in [5.74, 6) is 1.79. The highest BCUT2D eigenvalue weighted by atomic mass is 16.3. The minimum atomic E-state index is -0.286. The standard InChI is InChI=1S/C20H28N4O3/c1-20(2)10-15(14-6-8-27-16(14)11-20)21-13-5-7-24(12-13)17-9-18(25)23(4)19(26)22(17)3/h6,8-9,13,15,21H,5,7,10-12H2,1-4H3/t13-,15?/m1/s1. The van der Waals surface area contributed by atoms with Gasteiger partial charge in [-0.05, 0) is 24.3 Å². The molecule has 2 aromatic rings. The van der Waals surface area contributed by atoms with Crippen LogP contribution in [0.3, 0.4) is 0 Å². The molecule has 0 radical (unpaired) electrons. The van der Waals surface area contributed by atoms with E-state index in [9.17, 15) is 9.59 Å². The molecular formula is C20H28N4O3. The Kier molecular flexibility index (Phi) is 4.29. The van der Waals surface area contributed by atoms with E-state index in [0.29, 0.717) is 11.9 Å². The summed E-state index contributed by atoms with van der Waals surface area (Å²) in [6, 6.07) is 4.23. The van der Waals surface area contributed by atoms with Crippen LogP contribution in [0.15, 0.2) is 32.4 Å². The van der Waals surface area contributed by atoms with E-state index in [1.165, 1.54) is 12.6 Å². The van der Waals surface area contributed by atoms with Gasteiger partial charge >= 0.3 is 5.69 Å². The molecule has 27 heavy (non-hydrogen) atoms. The number of fused-ring (bicyclic) bond motifs is 1. The Morgan fingerprint density at radius 3 is 2.78 bits per heavy atom. The van der Waals surface area contributed by atoms with Crippen LogP contribution in [0.1, 0.15) is 44.1 Å². The van der Waals surface area contributed by atoms with Crippen LogP contribution in [-0.4, -0.2) is 28.3 Å². The van der Waals surface area contributed by atoms with Crippen molar-refractivity contribution in [2.45, 2.75) is 45.2 Å². The second-order valence-electron chi connectivity index (χ2n) is 8.74. The third-order valence-electron chi connectivity index (χ3n) is 6.00. The predicted molar refractivity (Wildman–Crippen MR) is 104 cm³/mol. The van der Waals surface area contributed by atoms with Crippen molar-refractivity contribution in [3.05, 3.63) is 50.6 Å². The molecule has 1 aliphatic heterocycles. The first kappa shape index (κ1) is 18.1. The Bertz CT molecular complexity index is 968. The van der Waals surface area contributed by atoms with Crippen molar-refractivity contribution in [2.24, 2.45) is 19.5 Å². The molecule has 0 bridgehead atoms. The lowest BCUT2D eigenvalue weighted by molar-refractivity contribution is 0.227. The average molecular weight is 372 g/mol. The van der Waals surface area contributed by atoms with Crippen LogP contribution in [0.4, 0.5) is 5.82 Å². The zero-order valence-corrected chi connectivity index (χ0v) is 16.5. The van der Waals surface area contributed by atoms with Crippen LogP contribution in [-0.2, 0) is 20.5 Å². The lowest BCUT2D eigenvalue weighted by Gasteiger charge is -2.36. The van der Waals surface area contributed by atoms with Gasteiger partial charge in [0.2, 0.25) is 0 Å². The van der Waals surface area contributed by atoms with E-state index in [4.69, 9.17) is 4.42 Å². The Balaban J connectivity index is 1.52. The number of nitrogens with one attached hydrogen (secondary N) is 1. The molecule has 1 N–H and O–H groups in total. The zero-order chi connectivity index (χ0) is 19.3. The van der Waals surface area contributed by atoms with Gasteiger partial charge in [0.25, 0.3) is 5.56 Å². The highest BCUT2D eigenvalue weighted by molar-refractivity contribution is 5.40. The fourth-order valence-electron chi connectivity index (χ4n) is 4.54. The maximum absolute atomic E-state index is 12.2. The molecule has 2 aromatic heterocycles. The van der Waals surface area contributed by atoms with Crippen LogP contribution in [0.5, 0.6) is 0 Å². The first-order valence-electron chi connectivity index (χ1n) is 9.59. The molecule has 7 nitrogen and oxygen atoms in total. The Morgan fingerprint density at radius 1 is 1.22 bits per heavy atom. The van der Waals surface area contributed by atoms with E-state index in [-0.39, 0.29) is 22.7 Å². The van der Waals surface area contributed by atoms with Crippen LogP contribution in [0.25, 0.3) is 0 Å². The molecule has 146 valence electrons. The van der Waals surface area contributed by atoms with E-state index in [2.05, 4.69) is 30.1 Å². The van der Waals surface area contributed by atoms with E-state index < -0.39 is 0 Å². The van der Waals surface area contributed by atoms with E-state index in [1.54, 1.807) is 23.9 Å². The molecule has 0 aromatic carbocycles. The number of aromatic nitrogens is 2. The number of anilines is 1. The number of hydrogen-bond acceptors (Lipinski definition) is 5. The summed E-state index contributed by atoms with van der Waals surface area (Å²) in [7, 11) is 3.23. The maximum Gasteiger partial charge on any atom is 0.332 e. The van der Waals surface area contributed by atoms with Crippen LogP contribution < -0.4 is 21.5 Å². The largest absolute Gasteiger partial charge is 0.469 e. The van der Waals surface area contributed by atoms with Crippen molar-refractivity contribution in [1.29, 1.82) is 0 Å². The minimum Gasteiger partial charge on any atom is -0.469 e. The van der Waals surface area contributed by atoms with Crippen LogP contribution in [0, 0.1) is 5.41 Å². The lowest BCUT2D eigenvalue weighted by atomic mass is 9.74. The smallest absolute Gasteiger partial charge is 0.332 e. The van der Waals surface area contributed by atoms with Gasteiger partial charge in [0, 0.05) is 57.3 Å². The molecule has 1 fully saturated rings. The number of nitrogens with zero attached hydrogens (tertiary/aromatic N) is 3. The Hall–Kier alpha value is -2.28. The topological polar surface area (TPSA) is 72.4 Å². The SMILES string of the molecule is Cn1c(N2CC[C@@H](NC3CC(C)(C)Cc4occc43)C2)cc(=O)n(C)c1=O. The first-order chi connectivity index (χ1) is 12.7. The van der Waals surface area contributed by atoms with Crippen molar-refractivity contribution in [1.82, 2.24) is 14.5 Å². The minimum absolute atomic E-state index is 0.205. The van der Waals surface area contributed by atoms with Crippen molar-refractivity contribution < 1.29 is 4.42 Å². The normalized spacial score (nSPS) is 24.2. The molecule has 4 rings (SSSR count). The number of furan rings is 1. The molecule has 0 saturated carbocycles. The van der Waals surface area contributed by atoms with Gasteiger partial charge in [-0.25, -0.2) is 4.79 Å². The second-order valence-corrected chi connectivity index (χ2v) is 8.74. The molecule has 1 aliphatic carbocycles. The summed E-state index contributed by atoms with van der Waals surface area (Å²) in [4.78, 5) is 26.4. The molecule has 0 amide bonds. The summed E-state index contributed by atoms with van der Waals surface area (Å²) in [5.41, 5.74) is 0.928. The van der Waals surface area contributed by atoms with Gasteiger partial charge in [-0.2, -0.15) is 0 Å². The Morgan fingerprint density at radius 2 is 2.00 bits per heavy atom. The van der Waals surface area contributed by atoms with Gasteiger partial charge < -0.3 is 14.6 Å². The maximum atomic E-state index is 12.2. The molecule has 3 heterocycles. The molecule has 2 aliphatic rings. The summed E-state index contributed by atoms with van der Waals surface area (Å²) < 4.78 is 8.40. The second kappa shape index (κ2) is 6.41. The van der Waals surface area contributed by atoms with Gasteiger partial charge in [-0.3, -0.25) is 13.9 Å². The molecule has 0 spiro atoms. The highest BCUT2D eigenvalue weighted by Gasteiger charge is 2.36. The summed E-state index contributed by atoms with van der Waals surface area (Å²) in [6.45, 7) is 6.17. The monoisotopic (exact) mass is 372 g/mol.